The molecule has 1 aromatic heterocycles. The molecule has 1 fully saturated rings. The number of pyridine rings is 1. The Morgan fingerprint density at radius 2 is 1.76 bits per heavy atom. The van der Waals surface area contributed by atoms with E-state index in [2.05, 4.69) is 35.7 Å². The molecule has 5 rings (SSSR count). The summed E-state index contributed by atoms with van der Waals surface area (Å²) in [5, 5.41) is 13.7. The van der Waals surface area contributed by atoms with Crippen LogP contribution in [0.15, 0.2) is 79.0 Å². The second-order valence-corrected chi connectivity index (χ2v) is 8.57. The van der Waals surface area contributed by atoms with Crippen molar-refractivity contribution in [3.63, 3.8) is 0 Å². The summed E-state index contributed by atoms with van der Waals surface area (Å²) in [6.07, 6.45) is 6.69. The summed E-state index contributed by atoms with van der Waals surface area (Å²) in [4.78, 5) is 4.74. The summed E-state index contributed by atoms with van der Waals surface area (Å²) in [5.41, 5.74) is 5.83. The van der Waals surface area contributed by atoms with Gasteiger partial charge in [0.25, 0.3) is 0 Å². The van der Waals surface area contributed by atoms with Gasteiger partial charge < -0.3 is 10.1 Å². The van der Waals surface area contributed by atoms with Gasteiger partial charge in [-0.2, -0.15) is 5.26 Å². The molecule has 4 nitrogen and oxygen atoms in total. The summed E-state index contributed by atoms with van der Waals surface area (Å²) in [5.74, 6) is 0.887. The molecule has 0 radical (unpaired) electrons. The number of nitrogens with one attached hydrogen (secondary N) is 1. The Bertz CT molecular complexity index is 1270. The molecule has 2 heterocycles. The van der Waals surface area contributed by atoms with Gasteiger partial charge in [0, 0.05) is 23.2 Å². The average molecular weight is 434 g/mol. The van der Waals surface area contributed by atoms with Crippen molar-refractivity contribution in [2.24, 2.45) is 0 Å². The number of fused-ring (bicyclic) bond motifs is 1. The molecule has 1 atom stereocenters. The van der Waals surface area contributed by atoms with Crippen LogP contribution in [-0.2, 0) is 0 Å². The van der Waals surface area contributed by atoms with Crippen molar-refractivity contribution < 1.29 is 4.74 Å². The highest BCUT2D eigenvalue weighted by molar-refractivity contribution is 5.94. The highest BCUT2D eigenvalue weighted by atomic mass is 16.5. The molecule has 0 aliphatic carbocycles. The number of benzene rings is 3. The van der Waals surface area contributed by atoms with Crippen LogP contribution in [0.4, 0.5) is 0 Å². The fourth-order valence-corrected chi connectivity index (χ4v) is 4.54. The molecule has 0 saturated carbocycles. The van der Waals surface area contributed by atoms with E-state index in [-0.39, 0.29) is 0 Å². The molecular weight excluding hydrogens is 406 g/mol. The maximum absolute atomic E-state index is 9.11. The van der Waals surface area contributed by atoms with E-state index < -0.39 is 0 Å². The van der Waals surface area contributed by atoms with E-state index in [9.17, 15) is 0 Å². The van der Waals surface area contributed by atoms with Gasteiger partial charge in [-0.3, -0.25) is 4.98 Å². The van der Waals surface area contributed by atoms with Gasteiger partial charge in [-0.15, -0.1) is 0 Å². The molecule has 0 spiro atoms. The van der Waals surface area contributed by atoms with Crippen LogP contribution in [0.3, 0.4) is 0 Å². The van der Waals surface area contributed by atoms with Crippen LogP contribution in [0.2, 0.25) is 0 Å². The quantitative estimate of drug-likeness (QED) is 0.385. The predicted octanol–water partition coefficient (Wildman–Crippen LogP) is 6.35. The van der Waals surface area contributed by atoms with Crippen molar-refractivity contribution >= 4 is 10.9 Å². The number of nitriles is 1. The summed E-state index contributed by atoms with van der Waals surface area (Å²) < 4.78 is 6.51. The molecule has 0 amide bonds. The SMILES string of the molecule is N#Cc1ccc(-c2ccc3ncc(-c4ccccc4)c(OCCC4CCCCN4)c3c2)cc1. The molecule has 164 valence electrons. The van der Waals surface area contributed by atoms with E-state index in [0.29, 0.717) is 18.2 Å². The van der Waals surface area contributed by atoms with Crippen molar-refractivity contribution in [2.45, 2.75) is 31.7 Å². The minimum Gasteiger partial charge on any atom is -0.492 e. The molecule has 33 heavy (non-hydrogen) atoms. The van der Waals surface area contributed by atoms with Crippen LogP contribution in [0.25, 0.3) is 33.2 Å². The summed E-state index contributed by atoms with van der Waals surface area (Å²) >= 11 is 0. The lowest BCUT2D eigenvalue weighted by Gasteiger charge is -2.24. The Kier molecular flexibility index (Phi) is 6.32. The molecule has 4 aromatic rings. The van der Waals surface area contributed by atoms with Crippen LogP contribution in [-0.4, -0.2) is 24.2 Å². The van der Waals surface area contributed by atoms with Gasteiger partial charge in [0.1, 0.15) is 5.75 Å². The van der Waals surface area contributed by atoms with Crippen LogP contribution < -0.4 is 10.1 Å². The third-order valence-corrected chi connectivity index (χ3v) is 6.38. The van der Waals surface area contributed by atoms with Crippen LogP contribution in [0, 0.1) is 11.3 Å². The minimum absolute atomic E-state index is 0.529. The maximum Gasteiger partial charge on any atom is 0.138 e. The van der Waals surface area contributed by atoms with Crippen molar-refractivity contribution in [2.75, 3.05) is 13.2 Å². The molecule has 0 bridgehead atoms. The number of piperidine rings is 1. The fourth-order valence-electron chi connectivity index (χ4n) is 4.54. The highest BCUT2D eigenvalue weighted by Gasteiger charge is 2.16. The lowest BCUT2D eigenvalue weighted by atomic mass is 9.99. The molecular formula is C29H27N3O. The highest BCUT2D eigenvalue weighted by Crippen LogP contribution is 2.37. The molecule has 1 aliphatic heterocycles. The maximum atomic E-state index is 9.11. The first kappa shape index (κ1) is 21.2. The Morgan fingerprint density at radius 3 is 2.52 bits per heavy atom. The van der Waals surface area contributed by atoms with Gasteiger partial charge in [-0.1, -0.05) is 55.0 Å². The van der Waals surface area contributed by atoms with Crippen LogP contribution in [0.1, 0.15) is 31.2 Å². The molecule has 4 heteroatoms. The zero-order valence-corrected chi connectivity index (χ0v) is 18.6. The Morgan fingerprint density at radius 1 is 0.939 bits per heavy atom. The zero-order chi connectivity index (χ0) is 22.5. The van der Waals surface area contributed by atoms with E-state index in [1.54, 1.807) is 0 Å². The van der Waals surface area contributed by atoms with Crippen LogP contribution >= 0.6 is 0 Å². The Balaban J connectivity index is 1.53. The van der Waals surface area contributed by atoms with Gasteiger partial charge in [0.2, 0.25) is 0 Å². The Hall–Kier alpha value is -3.68. The van der Waals surface area contributed by atoms with E-state index in [0.717, 1.165) is 51.9 Å². The molecule has 1 N–H and O–H groups in total. The topological polar surface area (TPSA) is 57.9 Å². The van der Waals surface area contributed by atoms with Gasteiger partial charge in [-0.25, -0.2) is 0 Å². The average Bonchev–Trinajstić information content (AvgIpc) is 2.89. The van der Waals surface area contributed by atoms with Crippen molar-refractivity contribution in [1.82, 2.24) is 10.3 Å². The lowest BCUT2D eigenvalue weighted by molar-refractivity contribution is 0.271. The van der Waals surface area contributed by atoms with Crippen molar-refractivity contribution in [3.8, 4) is 34.1 Å². The first-order valence-corrected chi connectivity index (χ1v) is 11.7. The van der Waals surface area contributed by atoms with Crippen molar-refractivity contribution in [1.29, 1.82) is 5.26 Å². The number of rotatable bonds is 6. The smallest absolute Gasteiger partial charge is 0.138 e. The first-order valence-electron chi connectivity index (χ1n) is 11.7. The number of nitrogens with zero attached hydrogens (tertiary/aromatic N) is 2. The summed E-state index contributed by atoms with van der Waals surface area (Å²) in [6, 6.07) is 27.0. The van der Waals surface area contributed by atoms with Gasteiger partial charge in [0.15, 0.2) is 0 Å². The van der Waals surface area contributed by atoms with E-state index in [1.165, 1.54) is 19.3 Å². The normalized spacial score (nSPS) is 15.8. The van der Waals surface area contributed by atoms with E-state index >= 15 is 0 Å². The van der Waals surface area contributed by atoms with Crippen LogP contribution in [0.5, 0.6) is 5.75 Å². The second kappa shape index (κ2) is 9.85. The van der Waals surface area contributed by atoms with E-state index in [1.807, 2.05) is 54.7 Å². The largest absolute Gasteiger partial charge is 0.492 e. The first-order chi connectivity index (χ1) is 16.3. The van der Waals surface area contributed by atoms with Crippen molar-refractivity contribution in [3.05, 3.63) is 84.6 Å². The van der Waals surface area contributed by atoms with Gasteiger partial charge >= 0.3 is 0 Å². The predicted molar refractivity (Wildman–Crippen MR) is 133 cm³/mol. The summed E-state index contributed by atoms with van der Waals surface area (Å²) in [6.45, 7) is 1.77. The van der Waals surface area contributed by atoms with E-state index in [4.69, 9.17) is 15.0 Å². The molecule has 1 aliphatic rings. The number of hydrogen-bond acceptors (Lipinski definition) is 4. The summed E-state index contributed by atoms with van der Waals surface area (Å²) in [7, 11) is 0. The molecule has 1 saturated heterocycles. The third kappa shape index (κ3) is 4.74. The number of aromatic nitrogens is 1. The third-order valence-electron chi connectivity index (χ3n) is 6.38. The standard InChI is InChI=1S/C29H27N3O/c30-19-21-9-11-22(12-10-21)24-13-14-28-26(18-24)29(33-17-15-25-8-4-5-16-31-25)27(20-32-28)23-6-2-1-3-7-23/h1-3,6-7,9-14,18,20,25,31H,4-5,8,15-17H2. The number of hydrogen-bond donors (Lipinski definition) is 1. The zero-order valence-electron chi connectivity index (χ0n) is 18.6. The minimum atomic E-state index is 0.529. The monoisotopic (exact) mass is 433 g/mol. The van der Waals surface area contributed by atoms with Gasteiger partial charge in [0.05, 0.1) is 23.8 Å². The molecule has 1 unspecified atom stereocenters. The number of ether oxygens (including phenoxy) is 1. The fraction of sp³-hybridized carbons (Fsp3) is 0.241. The second-order valence-electron chi connectivity index (χ2n) is 8.57. The Labute approximate surface area is 194 Å². The molecule has 3 aromatic carbocycles. The van der Waals surface area contributed by atoms with Gasteiger partial charge in [-0.05, 0) is 66.8 Å². The lowest BCUT2D eigenvalue weighted by Crippen LogP contribution is -2.35.